The summed E-state index contributed by atoms with van der Waals surface area (Å²) in [7, 11) is 0. The van der Waals surface area contributed by atoms with Crippen molar-refractivity contribution >= 4 is 28.5 Å². The lowest BCUT2D eigenvalue weighted by molar-refractivity contribution is -0.119. The second-order valence-corrected chi connectivity index (χ2v) is 7.95. The number of anilines is 1. The van der Waals surface area contributed by atoms with Crippen LogP contribution in [0.1, 0.15) is 28.7 Å². The van der Waals surface area contributed by atoms with Crippen LogP contribution in [0.25, 0.3) is 11.0 Å². The fourth-order valence-electron chi connectivity index (χ4n) is 4.00. The summed E-state index contributed by atoms with van der Waals surface area (Å²) in [4.78, 5) is 32.3. The van der Waals surface area contributed by atoms with Gasteiger partial charge in [0.2, 0.25) is 5.91 Å². The number of hydrogen-bond acceptors (Lipinski definition) is 3. The number of rotatable bonds is 8. The molecule has 3 aromatic carbocycles. The predicted octanol–water partition coefficient (Wildman–Crippen LogP) is 4.37. The number of aromatic nitrogens is 2. The molecule has 0 saturated carbocycles. The van der Waals surface area contributed by atoms with E-state index in [2.05, 4.69) is 5.32 Å². The number of hydrogen-bond donors (Lipinski definition) is 1. The molecule has 1 N–H and O–H groups in total. The zero-order chi connectivity index (χ0) is 23.2. The molecular formula is C27H28N4O2. The van der Waals surface area contributed by atoms with E-state index in [1.54, 1.807) is 11.0 Å². The Morgan fingerprint density at radius 1 is 0.970 bits per heavy atom. The fraction of sp³-hybridized carbons (Fsp3) is 0.222. The monoisotopic (exact) mass is 440 g/mol. The number of carbonyl (C=O) groups excluding carboxylic acids is 2. The highest BCUT2D eigenvalue weighted by atomic mass is 16.2. The molecule has 6 heteroatoms. The summed E-state index contributed by atoms with van der Waals surface area (Å²) >= 11 is 0. The highest BCUT2D eigenvalue weighted by Gasteiger charge is 2.18. The maximum atomic E-state index is 13.2. The van der Waals surface area contributed by atoms with E-state index in [9.17, 15) is 9.59 Å². The lowest BCUT2D eigenvalue weighted by Gasteiger charge is -2.22. The van der Waals surface area contributed by atoms with E-state index < -0.39 is 0 Å². The molecule has 4 rings (SSSR count). The van der Waals surface area contributed by atoms with Crippen LogP contribution in [-0.2, 0) is 17.8 Å². The molecule has 168 valence electrons. The molecule has 1 aromatic heterocycles. The molecule has 0 aliphatic heterocycles. The Balaban J connectivity index is 1.52. The van der Waals surface area contributed by atoms with Crippen molar-refractivity contribution in [2.24, 2.45) is 0 Å². The van der Waals surface area contributed by atoms with Gasteiger partial charge in [-0.3, -0.25) is 9.59 Å². The van der Waals surface area contributed by atoms with Crippen LogP contribution in [0.15, 0.2) is 78.9 Å². The second-order valence-electron chi connectivity index (χ2n) is 7.95. The Morgan fingerprint density at radius 2 is 1.73 bits per heavy atom. The molecule has 0 fully saturated rings. The van der Waals surface area contributed by atoms with Crippen molar-refractivity contribution in [3.05, 3.63) is 95.8 Å². The molecule has 1 heterocycles. The number of nitrogens with one attached hydrogen (secondary N) is 1. The molecular weight excluding hydrogens is 412 g/mol. The second kappa shape index (κ2) is 10.1. The molecule has 6 nitrogen and oxygen atoms in total. The number of carbonyl (C=O) groups is 2. The minimum atomic E-state index is -0.112. The van der Waals surface area contributed by atoms with E-state index in [1.807, 2.05) is 91.2 Å². The Bertz CT molecular complexity index is 1260. The zero-order valence-electron chi connectivity index (χ0n) is 19.0. The summed E-state index contributed by atoms with van der Waals surface area (Å²) in [5.74, 6) is 0.661. The van der Waals surface area contributed by atoms with Crippen molar-refractivity contribution in [1.82, 2.24) is 14.9 Å². The average Bonchev–Trinajstić information content (AvgIpc) is 3.17. The summed E-state index contributed by atoms with van der Waals surface area (Å²) in [6.45, 7) is 5.13. The summed E-state index contributed by atoms with van der Waals surface area (Å²) in [5.41, 5.74) is 4.31. The number of likely N-dealkylation sites (N-methyl/N-ethyl adjacent to an activating group) is 1. The molecule has 0 radical (unpaired) electrons. The average molecular weight is 441 g/mol. The largest absolute Gasteiger partial charge is 0.352 e. The number of nitrogens with zero attached hydrogens (tertiary/aromatic N) is 3. The van der Waals surface area contributed by atoms with Crippen molar-refractivity contribution in [1.29, 1.82) is 0 Å². The Kier molecular flexibility index (Phi) is 6.83. The molecule has 0 aliphatic carbocycles. The van der Waals surface area contributed by atoms with Crippen LogP contribution in [0.4, 0.5) is 5.69 Å². The van der Waals surface area contributed by atoms with Crippen LogP contribution in [0.2, 0.25) is 0 Å². The number of amides is 2. The minimum Gasteiger partial charge on any atom is -0.352 e. The van der Waals surface area contributed by atoms with E-state index in [4.69, 9.17) is 4.98 Å². The lowest BCUT2D eigenvalue weighted by Crippen LogP contribution is -2.34. The van der Waals surface area contributed by atoms with Crippen LogP contribution >= 0.6 is 0 Å². The molecule has 4 aromatic rings. The number of benzene rings is 3. The first-order valence-corrected chi connectivity index (χ1v) is 11.2. The third-order valence-corrected chi connectivity index (χ3v) is 5.63. The molecule has 0 spiro atoms. The smallest absolute Gasteiger partial charge is 0.251 e. The van der Waals surface area contributed by atoms with E-state index in [0.29, 0.717) is 25.1 Å². The van der Waals surface area contributed by atoms with E-state index in [0.717, 1.165) is 28.1 Å². The van der Waals surface area contributed by atoms with Crippen LogP contribution in [0.3, 0.4) is 0 Å². The van der Waals surface area contributed by atoms with E-state index >= 15 is 0 Å². The molecule has 2 amide bonds. The molecule has 0 atom stereocenters. The van der Waals surface area contributed by atoms with Crippen molar-refractivity contribution < 1.29 is 9.59 Å². The summed E-state index contributed by atoms with van der Waals surface area (Å²) in [6, 6.07) is 25.0. The molecule has 0 bridgehead atoms. The van der Waals surface area contributed by atoms with Gasteiger partial charge in [-0.05, 0) is 50.2 Å². The number of fused-ring (bicyclic) bond motifs is 1. The number of para-hydroxylation sites is 3. The van der Waals surface area contributed by atoms with Gasteiger partial charge in [0.25, 0.3) is 5.91 Å². The highest BCUT2D eigenvalue weighted by molar-refractivity contribution is 5.95. The standard InChI is InChI=1S/C27H28N4O2/c1-3-30(22-12-5-4-6-13-22)26(32)19-31-24-15-8-7-14-23(24)29-25(31)16-17-28-27(33)21-11-9-10-20(2)18-21/h4-15,18H,3,16-17,19H2,1-2H3,(H,28,33). The first-order valence-electron chi connectivity index (χ1n) is 11.2. The van der Waals surface area contributed by atoms with Gasteiger partial charge in [0.1, 0.15) is 12.4 Å². The fourth-order valence-corrected chi connectivity index (χ4v) is 4.00. The third kappa shape index (κ3) is 5.12. The highest BCUT2D eigenvalue weighted by Crippen LogP contribution is 2.19. The maximum absolute atomic E-state index is 13.2. The normalized spacial score (nSPS) is 10.8. The van der Waals surface area contributed by atoms with Gasteiger partial charge < -0.3 is 14.8 Å². The Morgan fingerprint density at radius 3 is 2.48 bits per heavy atom. The first kappa shape index (κ1) is 22.3. The first-order chi connectivity index (χ1) is 16.1. The van der Waals surface area contributed by atoms with Gasteiger partial charge in [0, 0.05) is 30.8 Å². The number of imidazole rings is 1. The Hall–Kier alpha value is -3.93. The van der Waals surface area contributed by atoms with Crippen molar-refractivity contribution in [2.45, 2.75) is 26.8 Å². The summed E-state index contributed by atoms with van der Waals surface area (Å²) < 4.78 is 1.96. The van der Waals surface area contributed by atoms with E-state index in [-0.39, 0.29) is 18.4 Å². The van der Waals surface area contributed by atoms with Crippen LogP contribution in [-0.4, -0.2) is 34.5 Å². The number of aryl methyl sites for hydroxylation is 1. The SMILES string of the molecule is CCN(C(=O)Cn1c(CCNC(=O)c2cccc(C)c2)nc2ccccc21)c1ccccc1. The van der Waals surface area contributed by atoms with Gasteiger partial charge in [-0.2, -0.15) is 0 Å². The van der Waals surface area contributed by atoms with Gasteiger partial charge in [0.15, 0.2) is 0 Å². The van der Waals surface area contributed by atoms with Gasteiger partial charge in [0.05, 0.1) is 11.0 Å². The summed E-state index contributed by atoms with van der Waals surface area (Å²) in [5, 5.41) is 2.97. The Labute approximate surface area is 193 Å². The van der Waals surface area contributed by atoms with Crippen LogP contribution in [0.5, 0.6) is 0 Å². The van der Waals surface area contributed by atoms with E-state index in [1.165, 1.54) is 0 Å². The van der Waals surface area contributed by atoms with Crippen LogP contribution < -0.4 is 10.2 Å². The topological polar surface area (TPSA) is 67.2 Å². The van der Waals surface area contributed by atoms with Crippen LogP contribution in [0, 0.1) is 6.92 Å². The maximum Gasteiger partial charge on any atom is 0.251 e. The molecule has 0 unspecified atom stereocenters. The predicted molar refractivity (Wildman–Crippen MR) is 131 cm³/mol. The van der Waals surface area contributed by atoms with Gasteiger partial charge in [-0.15, -0.1) is 0 Å². The molecule has 0 saturated heterocycles. The summed E-state index contributed by atoms with van der Waals surface area (Å²) in [6.07, 6.45) is 0.525. The van der Waals surface area contributed by atoms with Crippen molar-refractivity contribution in [3.63, 3.8) is 0 Å². The molecule has 33 heavy (non-hydrogen) atoms. The molecule has 0 aliphatic rings. The zero-order valence-corrected chi connectivity index (χ0v) is 19.0. The van der Waals surface area contributed by atoms with Crippen molar-refractivity contribution in [3.8, 4) is 0 Å². The quantitative estimate of drug-likeness (QED) is 0.442. The third-order valence-electron chi connectivity index (χ3n) is 5.63. The van der Waals surface area contributed by atoms with Gasteiger partial charge in [-0.1, -0.05) is 48.0 Å². The lowest BCUT2D eigenvalue weighted by atomic mass is 10.1. The van der Waals surface area contributed by atoms with Gasteiger partial charge >= 0.3 is 0 Å². The van der Waals surface area contributed by atoms with Crippen molar-refractivity contribution in [2.75, 3.05) is 18.0 Å². The van der Waals surface area contributed by atoms with Gasteiger partial charge in [-0.25, -0.2) is 4.98 Å². The minimum absolute atomic E-state index is 0.00287.